The van der Waals surface area contributed by atoms with Crippen LogP contribution < -0.4 is 5.32 Å². The Kier molecular flexibility index (Phi) is 5.79. The van der Waals surface area contributed by atoms with Crippen LogP contribution in [0.25, 0.3) is 0 Å². The van der Waals surface area contributed by atoms with Crippen molar-refractivity contribution in [3.63, 3.8) is 0 Å². The van der Waals surface area contributed by atoms with E-state index in [1.165, 1.54) is 23.9 Å². The van der Waals surface area contributed by atoms with Crippen LogP contribution in [0, 0.1) is 10.1 Å². The number of carboxylic acid groups (broad SMARTS) is 1. The highest BCUT2D eigenvalue weighted by Gasteiger charge is 2.42. The van der Waals surface area contributed by atoms with E-state index in [9.17, 15) is 24.8 Å². The van der Waals surface area contributed by atoms with Crippen LogP contribution in [0.1, 0.15) is 19.8 Å². The predicted molar refractivity (Wildman–Crippen MR) is 87.0 cm³/mol. The third-order valence-corrected chi connectivity index (χ3v) is 4.96. The SMILES string of the molecule is CC(Sc1ccc([N+](=O)[O-])cc1)C(=O)NC1(C(=O)O)CCOCC1. The number of thioether (sulfide) groups is 1. The van der Waals surface area contributed by atoms with Crippen LogP contribution >= 0.6 is 11.8 Å². The first kappa shape index (κ1) is 18.2. The Bertz CT molecular complexity index is 627. The molecule has 1 aromatic carbocycles. The average molecular weight is 354 g/mol. The second-order valence-electron chi connectivity index (χ2n) is 5.50. The molecule has 1 fully saturated rings. The molecular weight excluding hydrogens is 336 g/mol. The van der Waals surface area contributed by atoms with Crippen molar-refractivity contribution < 1.29 is 24.4 Å². The molecule has 0 radical (unpaired) electrons. The first-order valence-corrected chi connectivity index (χ1v) is 8.26. The van der Waals surface area contributed by atoms with E-state index in [2.05, 4.69) is 5.32 Å². The first-order valence-electron chi connectivity index (χ1n) is 7.38. The number of ether oxygens (including phenoxy) is 1. The second kappa shape index (κ2) is 7.63. The van der Waals surface area contributed by atoms with Crippen molar-refractivity contribution >= 4 is 29.3 Å². The van der Waals surface area contributed by atoms with E-state index >= 15 is 0 Å². The van der Waals surface area contributed by atoms with Gasteiger partial charge in [-0.25, -0.2) is 4.79 Å². The lowest BCUT2D eigenvalue weighted by Crippen LogP contribution is -2.58. The minimum Gasteiger partial charge on any atom is -0.480 e. The molecule has 1 atom stereocenters. The Hall–Kier alpha value is -2.13. The summed E-state index contributed by atoms with van der Waals surface area (Å²) in [7, 11) is 0. The normalized spacial score (nSPS) is 17.7. The number of rotatable bonds is 6. The van der Waals surface area contributed by atoms with Crippen molar-refractivity contribution in [2.75, 3.05) is 13.2 Å². The van der Waals surface area contributed by atoms with Gasteiger partial charge in [0.15, 0.2) is 0 Å². The summed E-state index contributed by atoms with van der Waals surface area (Å²) >= 11 is 1.21. The Balaban J connectivity index is 2.00. The number of carboxylic acids is 1. The molecule has 130 valence electrons. The van der Waals surface area contributed by atoms with Crippen molar-refractivity contribution in [1.82, 2.24) is 5.32 Å². The number of carbonyl (C=O) groups is 2. The van der Waals surface area contributed by atoms with E-state index in [1.807, 2.05) is 0 Å². The van der Waals surface area contributed by atoms with Gasteiger partial charge in [-0.05, 0) is 19.1 Å². The molecule has 8 nitrogen and oxygen atoms in total. The third kappa shape index (κ3) is 4.24. The van der Waals surface area contributed by atoms with Gasteiger partial charge >= 0.3 is 5.97 Å². The maximum Gasteiger partial charge on any atom is 0.329 e. The zero-order valence-corrected chi connectivity index (χ0v) is 13.9. The topological polar surface area (TPSA) is 119 Å². The molecule has 1 aliphatic rings. The summed E-state index contributed by atoms with van der Waals surface area (Å²) in [5, 5.41) is 22.2. The van der Waals surface area contributed by atoms with Crippen LogP contribution in [0.2, 0.25) is 0 Å². The lowest BCUT2D eigenvalue weighted by Gasteiger charge is -2.34. The summed E-state index contributed by atoms with van der Waals surface area (Å²) < 4.78 is 5.17. The van der Waals surface area contributed by atoms with Crippen LogP contribution in [0.4, 0.5) is 5.69 Å². The van der Waals surface area contributed by atoms with Gasteiger partial charge in [0, 0.05) is 43.1 Å². The first-order chi connectivity index (χ1) is 11.3. The zero-order valence-electron chi connectivity index (χ0n) is 13.1. The van der Waals surface area contributed by atoms with Gasteiger partial charge in [0.05, 0.1) is 10.2 Å². The standard InChI is InChI=1S/C15H18N2O6S/c1-10(24-12-4-2-11(3-5-12)17(21)22)13(18)16-15(14(19)20)6-8-23-9-7-15/h2-5,10H,6-9H2,1H3,(H,16,18)(H,19,20). The summed E-state index contributed by atoms with van der Waals surface area (Å²) in [6.45, 7) is 2.24. The zero-order chi connectivity index (χ0) is 17.7. The van der Waals surface area contributed by atoms with Crippen molar-refractivity contribution in [2.45, 2.75) is 35.4 Å². The molecule has 2 N–H and O–H groups in total. The van der Waals surface area contributed by atoms with Gasteiger partial charge in [0.2, 0.25) is 5.91 Å². The van der Waals surface area contributed by atoms with E-state index < -0.39 is 21.7 Å². The Morgan fingerprint density at radius 1 is 1.33 bits per heavy atom. The number of aliphatic carboxylic acids is 1. The summed E-state index contributed by atoms with van der Waals surface area (Å²) in [6.07, 6.45) is 0.450. The lowest BCUT2D eigenvalue weighted by molar-refractivity contribution is -0.384. The monoisotopic (exact) mass is 354 g/mol. The summed E-state index contributed by atoms with van der Waals surface area (Å²) in [5.74, 6) is -1.45. The van der Waals surface area contributed by atoms with Gasteiger partial charge in [0.25, 0.3) is 5.69 Å². The highest BCUT2D eigenvalue weighted by Crippen LogP contribution is 2.27. The summed E-state index contributed by atoms with van der Waals surface area (Å²) in [4.78, 5) is 34.7. The second-order valence-corrected chi connectivity index (χ2v) is 6.91. The third-order valence-electron chi connectivity index (χ3n) is 3.85. The molecule has 0 saturated carbocycles. The number of nitro benzene ring substituents is 1. The number of hydrogen-bond donors (Lipinski definition) is 2. The number of benzene rings is 1. The lowest BCUT2D eigenvalue weighted by atomic mass is 9.90. The molecule has 0 aromatic heterocycles. The van der Waals surface area contributed by atoms with Gasteiger partial charge < -0.3 is 15.2 Å². The van der Waals surface area contributed by atoms with Gasteiger partial charge in [-0.3, -0.25) is 14.9 Å². The van der Waals surface area contributed by atoms with Crippen LogP contribution in [0.15, 0.2) is 29.2 Å². The number of hydrogen-bond acceptors (Lipinski definition) is 6. The summed E-state index contributed by atoms with van der Waals surface area (Å²) in [6, 6.07) is 5.86. The fourth-order valence-corrected chi connectivity index (χ4v) is 3.22. The average Bonchev–Trinajstić information content (AvgIpc) is 2.56. The molecular formula is C15H18N2O6S. The Labute approximate surface area is 142 Å². The number of nitro groups is 1. The van der Waals surface area contributed by atoms with Crippen molar-refractivity contribution in [3.8, 4) is 0 Å². The number of amides is 1. The van der Waals surface area contributed by atoms with Gasteiger partial charge in [-0.15, -0.1) is 11.8 Å². The van der Waals surface area contributed by atoms with Crippen LogP contribution in [-0.4, -0.2) is 45.9 Å². The number of nitrogens with zero attached hydrogens (tertiary/aromatic N) is 1. The van der Waals surface area contributed by atoms with E-state index in [0.29, 0.717) is 4.90 Å². The van der Waals surface area contributed by atoms with Gasteiger partial charge in [-0.1, -0.05) is 0 Å². The van der Waals surface area contributed by atoms with Crippen molar-refractivity contribution in [1.29, 1.82) is 0 Å². The minimum atomic E-state index is -1.29. The number of non-ortho nitro benzene ring substituents is 1. The van der Waals surface area contributed by atoms with E-state index in [1.54, 1.807) is 19.1 Å². The molecule has 1 aromatic rings. The smallest absolute Gasteiger partial charge is 0.329 e. The molecule has 0 bridgehead atoms. The minimum absolute atomic E-state index is 0.0245. The van der Waals surface area contributed by atoms with Gasteiger partial charge in [0.1, 0.15) is 5.54 Å². The predicted octanol–water partition coefficient (Wildman–Crippen LogP) is 1.83. The molecule has 1 saturated heterocycles. The fourth-order valence-electron chi connectivity index (χ4n) is 2.35. The van der Waals surface area contributed by atoms with Crippen molar-refractivity contribution in [3.05, 3.63) is 34.4 Å². The highest BCUT2D eigenvalue weighted by molar-refractivity contribution is 8.00. The molecule has 1 unspecified atom stereocenters. The molecule has 1 amide bonds. The molecule has 24 heavy (non-hydrogen) atoms. The molecule has 0 spiro atoms. The van der Waals surface area contributed by atoms with E-state index in [-0.39, 0.29) is 37.6 Å². The maximum atomic E-state index is 12.4. The largest absolute Gasteiger partial charge is 0.480 e. The number of nitrogens with one attached hydrogen (secondary N) is 1. The van der Waals surface area contributed by atoms with Gasteiger partial charge in [-0.2, -0.15) is 0 Å². The Morgan fingerprint density at radius 2 is 1.92 bits per heavy atom. The van der Waals surface area contributed by atoms with Crippen molar-refractivity contribution in [2.24, 2.45) is 0 Å². The maximum absolute atomic E-state index is 12.4. The molecule has 0 aliphatic carbocycles. The fraction of sp³-hybridized carbons (Fsp3) is 0.467. The van der Waals surface area contributed by atoms with Crippen LogP contribution in [-0.2, 0) is 14.3 Å². The molecule has 1 aliphatic heterocycles. The van der Waals surface area contributed by atoms with E-state index in [4.69, 9.17) is 4.74 Å². The van der Waals surface area contributed by atoms with E-state index in [0.717, 1.165) is 0 Å². The summed E-state index contributed by atoms with van der Waals surface area (Å²) in [5.41, 5.74) is -1.32. The molecule has 1 heterocycles. The van der Waals surface area contributed by atoms with Crippen LogP contribution in [0.3, 0.4) is 0 Å². The molecule has 2 rings (SSSR count). The highest BCUT2D eigenvalue weighted by atomic mass is 32.2. The Morgan fingerprint density at radius 3 is 2.42 bits per heavy atom. The quantitative estimate of drug-likeness (QED) is 0.454. The molecule has 9 heteroatoms. The number of carbonyl (C=O) groups excluding carboxylic acids is 1. The van der Waals surface area contributed by atoms with Crippen LogP contribution in [0.5, 0.6) is 0 Å².